The van der Waals surface area contributed by atoms with Crippen LogP contribution in [0.3, 0.4) is 0 Å². The molecule has 0 amide bonds. The van der Waals surface area contributed by atoms with Gasteiger partial charge in [0.25, 0.3) is 0 Å². The SMILES string of the molecule is COc1cc(C#CC2=C[C@@H]3C[C@@]4(OC(=O)C=C24)[C@H]2CC[C@H](C(C)OC)N32)cc(OC)c1. The van der Waals surface area contributed by atoms with Crippen LogP contribution in [0.25, 0.3) is 0 Å². The van der Waals surface area contributed by atoms with Crippen molar-refractivity contribution in [3.8, 4) is 23.3 Å². The standard InChI is InChI=1S/C25H27NO5/c1-15(28-2)22-7-8-23-25-14-18(26(22)23)11-17(21(25)13-24(27)31-25)6-5-16-9-19(29-3)12-20(10-16)30-4/h9-13,15,18,22-23H,7-8,14H2,1-4H3/t15?,18-,22-,23-,25+/m1/s1. The van der Waals surface area contributed by atoms with Crippen LogP contribution in [0.4, 0.5) is 0 Å². The maximum absolute atomic E-state index is 12.4. The summed E-state index contributed by atoms with van der Waals surface area (Å²) in [7, 11) is 5.00. The van der Waals surface area contributed by atoms with Crippen LogP contribution in [0.15, 0.2) is 41.5 Å². The molecular formula is C25H27NO5. The van der Waals surface area contributed by atoms with Crippen LogP contribution in [-0.2, 0) is 14.3 Å². The quantitative estimate of drug-likeness (QED) is 0.551. The summed E-state index contributed by atoms with van der Waals surface area (Å²) in [5, 5.41) is 0. The summed E-state index contributed by atoms with van der Waals surface area (Å²) >= 11 is 0. The van der Waals surface area contributed by atoms with E-state index in [2.05, 4.69) is 29.7 Å². The Balaban J connectivity index is 1.54. The van der Waals surface area contributed by atoms with Gasteiger partial charge in [0.05, 0.1) is 26.4 Å². The molecule has 3 heterocycles. The van der Waals surface area contributed by atoms with Crippen molar-refractivity contribution in [3.05, 3.63) is 47.1 Å². The van der Waals surface area contributed by atoms with E-state index in [1.54, 1.807) is 27.4 Å². The highest BCUT2D eigenvalue weighted by Gasteiger charge is 2.64. The maximum Gasteiger partial charge on any atom is 0.332 e. The van der Waals surface area contributed by atoms with Crippen LogP contribution >= 0.6 is 0 Å². The molecule has 1 aliphatic carbocycles. The Labute approximate surface area is 182 Å². The molecular weight excluding hydrogens is 394 g/mol. The molecule has 1 unspecified atom stereocenters. The number of carbonyl (C=O) groups is 1. The summed E-state index contributed by atoms with van der Waals surface area (Å²) in [5.41, 5.74) is 2.01. The van der Waals surface area contributed by atoms with Gasteiger partial charge in [0, 0.05) is 54.5 Å². The Bertz CT molecular complexity index is 1030. The number of rotatable bonds is 4. The van der Waals surface area contributed by atoms with Crippen molar-refractivity contribution in [2.24, 2.45) is 0 Å². The molecule has 0 saturated carbocycles. The van der Waals surface area contributed by atoms with Crippen LogP contribution in [0.1, 0.15) is 31.7 Å². The maximum atomic E-state index is 12.4. The summed E-state index contributed by atoms with van der Waals surface area (Å²) in [4.78, 5) is 14.9. The molecule has 162 valence electrons. The van der Waals surface area contributed by atoms with Crippen LogP contribution in [-0.4, -0.2) is 62.0 Å². The lowest BCUT2D eigenvalue weighted by molar-refractivity contribution is -0.147. The van der Waals surface area contributed by atoms with Gasteiger partial charge < -0.3 is 18.9 Å². The van der Waals surface area contributed by atoms with Gasteiger partial charge in [-0.3, -0.25) is 4.90 Å². The fourth-order valence-corrected chi connectivity index (χ4v) is 5.76. The van der Waals surface area contributed by atoms with E-state index in [0.717, 1.165) is 36.0 Å². The minimum atomic E-state index is -0.588. The number of hydrogen-bond acceptors (Lipinski definition) is 6. The van der Waals surface area contributed by atoms with E-state index in [1.165, 1.54) is 0 Å². The second-order valence-electron chi connectivity index (χ2n) is 8.62. The highest BCUT2D eigenvalue weighted by molar-refractivity contribution is 5.90. The van der Waals surface area contributed by atoms with E-state index in [4.69, 9.17) is 18.9 Å². The van der Waals surface area contributed by atoms with E-state index >= 15 is 0 Å². The molecule has 2 bridgehead atoms. The molecule has 0 radical (unpaired) electrons. The fraction of sp³-hybridized carbons (Fsp3) is 0.480. The summed E-state index contributed by atoms with van der Waals surface area (Å²) in [6.07, 6.45) is 6.79. The summed E-state index contributed by atoms with van der Waals surface area (Å²) in [5.74, 6) is 7.67. The van der Waals surface area contributed by atoms with Crippen molar-refractivity contribution < 1.29 is 23.7 Å². The molecule has 5 rings (SSSR count). The van der Waals surface area contributed by atoms with E-state index in [0.29, 0.717) is 17.5 Å². The van der Waals surface area contributed by atoms with Crippen LogP contribution < -0.4 is 9.47 Å². The smallest absolute Gasteiger partial charge is 0.332 e. The Morgan fingerprint density at radius 2 is 1.87 bits per heavy atom. The van der Waals surface area contributed by atoms with E-state index in [9.17, 15) is 4.79 Å². The van der Waals surface area contributed by atoms with Crippen molar-refractivity contribution in [2.75, 3.05) is 21.3 Å². The molecule has 1 aromatic rings. The molecule has 6 heteroatoms. The molecule has 5 atom stereocenters. The van der Waals surface area contributed by atoms with Gasteiger partial charge in [-0.1, -0.05) is 17.9 Å². The van der Waals surface area contributed by atoms with Gasteiger partial charge in [-0.15, -0.1) is 0 Å². The molecule has 1 spiro atoms. The zero-order chi connectivity index (χ0) is 21.8. The zero-order valence-corrected chi connectivity index (χ0v) is 18.3. The molecule has 1 aromatic carbocycles. The first-order valence-corrected chi connectivity index (χ1v) is 10.7. The zero-order valence-electron chi connectivity index (χ0n) is 18.3. The fourth-order valence-electron chi connectivity index (χ4n) is 5.76. The van der Waals surface area contributed by atoms with Gasteiger partial charge >= 0.3 is 5.97 Å². The Kier molecular flexibility index (Phi) is 4.84. The average molecular weight is 421 g/mol. The number of methoxy groups -OCH3 is 3. The Morgan fingerprint density at radius 1 is 1.13 bits per heavy atom. The van der Waals surface area contributed by atoms with E-state index in [1.807, 2.05) is 18.2 Å². The molecule has 3 aliphatic heterocycles. The van der Waals surface area contributed by atoms with Gasteiger partial charge in [0.2, 0.25) is 0 Å². The number of esters is 1. The first-order valence-electron chi connectivity index (χ1n) is 10.7. The van der Waals surface area contributed by atoms with E-state index < -0.39 is 5.60 Å². The molecule has 0 aromatic heterocycles. The highest BCUT2D eigenvalue weighted by Crippen LogP contribution is 2.56. The number of carbonyl (C=O) groups excluding carboxylic acids is 1. The van der Waals surface area contributed by atoms with Crippen molar-refractivity contribution in [1.82, 2.24) is 4.90 Å². The molecule has 4 aliphatic rings. The minimum Gasteiger partial charge on any atom is -0.497 e. The molecule has 0 N–H and O–H groups in total. The van der Waals surface area contributed by atoms with Crippen LogP contribution in [0.5, 0.6) is 11.5 Å². The lowest BCUT2D eigenvalue weighted by Crippen LogP contribution is -2.47. The first-order chi connectivity index (χ1) is 15.0. The van der Waals surface area contributed by atoms with Gasteiger partial charge in [-0.05, 0) is 31.9 Å². The van der Waals surface area contributed by atoms with Crippen molar-refractivity contribution >= 4 is 5.97 Å². The predicted molar refractivity (Wildman–Crippen MR) is 115 cm³/mol. The largest absolute Gasteiger partial charge is 0.497 e. The molecule has 31 heavy (non-hydrogen) atoms. The van der Waals surface area contributed by atoms with Gasteiger partial charge in [-0.25, -0.2) is 4.79 Å². The number of ether oxygens (including phenoxy) is 4. The monoisotopic (exact) mass is 421 g/mol. The van der Waals surface area contributed by atoms with Crippen molar-refractivity contribution in [2.45, 2.75) is 56.0 Å². The van der Waals surface area contributed by atoms with Gasteiger partial charge in [0.15, 0.2) is 5.60 Å². The third-order valence-electron chi connectivity index (χ3n) is 7.17. The van der Waals surface area contributed by atoms with Gasteiger partial charge in [-0.2, -0.15) is 0 Å². The summed E-state index contributed by atoms with van der Waals surface area (Å²) in [6, 6.07) is 6.24. The lowest BCUT2D eigenvalue weighted by atomic mass is 9.77. The van der Waals surface area contributed by atoms with Crippen molar-refractivity contribution in [3.63, 3.8) is 0 Å². The summed E-state index contributed by atoms with van der Waals surface area (Å²) in [6.45, 7) is 2.12. The lowest BCUT2D eigenvalue weighted by Gasteiger charge is -2.33. The van der Waals surface area contributed by atoms with Crippen LogP contribution in [0, 0.1) is 11.8 Å². The second kappa shape index (κ2) is 7.44. The number of nitrogens with zero attached hydrogens (tertiary/aromatic N) is 1. The molecule has 2 fully saturated rings. The highest BCUT2D eigenvalue weighted by atomic mass is 16.6. The van der Waals surface area contributed by atoms with Crippen LogP contribution in [0.2, 0.25) is 0 Å². The third kappa shape index (κ3) is 3.07. The number of fused-ring (bicyclic) bond motifs is 3. The van der Waals surface area contributed by atoms with Crippen molar-refractivity contribution in [1.29, 1.82) is 0 Å². The molecule has 2 saturated heterocycles. The number of hydrogen-bond donors (Lipinski definition) is 0. The number of benzene rings is 1. The summed E-state index contributed by atoms with van der Waals surface area (Å²) < 4.78 is 22.4. The average Bonchev–Trinajstić information content (AvgIpc) is 3.44. The minimum absolute atomic E-state index is 0.123. The normalized spacial score (nSPS) is 31.6. The second-order valence-corrected chi connectivity index (χ2v) is 8.62. The topological polar surface area (TPSA) is 57.2 Å². The molecule has 6 nitrogen and oxygen atoms in total. The Hall–Kier alpha value is -2.75. The predicted octanol–water partition coefficient (Wildman–Crippen LogP) is 2.86. The van der Waals surface area contributed by atoms with Gasteiger partial charge in [0.1, 0.15) is 11.5 Å². The first kappa shape index (κ1) is 20.2. The van der Waals surface area contributed by atoms with E-state index in [-0.39, 0.29) is 24.2 Å². The third-order valence-corrected chi connectivity index (χ3v) is 7.17. The Morgan fingerprint density at radius 3 is 2.55 bits per heavy atom.